The molecule has 0 spiro atoms. The fraction of sp³-hybridized carbons (Fsp3) is 0.562. The molecule has 3 rings (SSSR count). The van der Waals surface area contributed by atoms with E-state index < -0.39 is 0 Å². The minimum absolute atomic E-state index is 0.0115. The van der Waals surface area contributed by atoms with Crippen LogP contribution in [0.2, 0.25) is 0 Å². The highest BCUT2D eigenvalue weighted by Gasteiger charge is 2.29. The van der Waals surface area contributed by atoms with Crippen LogP contribution >= 0.6 is 0 Å². The van der Waals surface area contributed by atoms with Crippen LogP contribution < -0.4 is 5.32 Å². The van der Waals surface area contributed by atoms with Crippen LogP contribution in [0.15, 0.2) is 23.0 Å². The fourth-order valence-electron chi connectivity index (χ4n) is 3.27. The first-order chi connectivity index (χ1) is 11.2. The zero-order valence-corrected chi connectivity index (χ0v) is 13.6. The van der Waals surface area contributed by atoms with Gasteiger partial charge in [0.05, 0.1) is 12.2 Å². The number of aryl methyl sites for hydroxylation is 1. The second-order valence-corrected chi connectivity index (χ2v) is 6.08. The molecular formula is C16H23N5O2. The molecule has 7 heteroatoms. The number of aromatic nitrogens is 3. The van der Waals surface area contributed by atoms with Crippen LogP contribution in [0, 0.1) is 6.92 Å². The Morgan fingerprint density at radius 3 is 2.87 bits per heavy atom. The van der Waals surface area contributed by atoms with Gasteiger partial charge in [-0.05, 0) is 50.8 Å². The van der Waals surface area contributed by atoms with Crippen molar-refractivity contribution >= 4 is 11.7 Å². The monoisotopic (exact) mass is 317 g/mol. The van der Waals surface area contributed by atoms with E-state index in [9.17, 15) is 4.79 Å². The third-order valence-corrected chi connectivity index (χ3v) is 4.53. The number of nitrogens with one attached hydrogen (secondary N) is 2. The number of amides is 1. The lowest BCUT2D eigenvalue weighted by atomic mass is 9.90. The van der Waals surface area contributed by atoms with E-state index in [0.717, 1.165) is 32.4 Å². The Kier molecular flexibility index (Phi) is 4.76. The highest BCUT2D eigenvalue weighted by Crippen LogP contribution is 2.28. The number of rotatable bonds is 5. The quantitative estimate of drug-likeness (QED) is 0.883. The molecule has 2 aromatic rings. The number of carbonyl (C=O) groups is 1. The molecule has 0 aromatic carbocycles. The van der Waals surface area contributed by atoms with Crippen LogP contribution in [0.25, 0.3) is 0 Å². The fourth-order valence-corrected chi connectivity index (χ4v) is 3.27. The summed E-state index contributed by atoms with van der Waals surface area (Å²) in [6.45, 7) is 5.68. The smallest absolute Gasteiger partial charge is 0.242 e. The van der Waals surface area contributed by atoms with Gasteiger partial charge in [-0.15, -0.1) is 0 Å². The summed E-state index contributed by atoms with van der Waals surface area (Å²) in [5.74, 6) is 1.69. The molecule has 0 saturated carbocycles. The van der Waals surface area contributed by atoms with Crippen LogP contribution in [0.4, 0.5) is 5.82 Å². The van der Waals surface area contributed by atoms with Gasteiger partial charge in [0.25, 0.3) is 0 Å². The van der Waals surface area contributed by atoms with Crippen molar-refractivity contribution in [1.82, 2.24) is 20.3 Å². The molecule has 1 fully saturated rings. The summed E-state index contributed by atoms with van der Waals surface area (Å²) in [7, 11) is 0. The Bertz CT molecular complexity index is 629. The number of aromatic amines is 1. The van der Waals surface area contributed by atoms with Crippen LogP contribution in [0.5, 0.6) is 0 Å². The average Bonchev–Trinajstić information content (AvgIpc) is 3.21. The van der Waals surface area contributed by atoms with Crippen molar-refractivity contribution in [2.24, 2.45) is 0 Å². The zero-order valence-electron chi connectivity index (χ0n) is 13.6. The first kappa shape index (κ1) is 15.7. The molecule has 2 N–H and O–H groups in total. The minimum Gasteiger partial charge on any atom is -0.360 e. The lowest BCUT2D eigenvalue weighted by Gasteiger charge is -2.36. The number of anilines is 1. The Balaban J connectivity index is 1.57. The summed E-state index contributed by atoms with van der Waals surface area (Å²) >= 11 is 0. The molecule has 7 nitrogen and oxygen atoms in total. The number of likely N-dealkylation sites (tertiary alicyclic amines) is 1. The SMILES string of the molecule is CCC(C(=O)Nc1cc(C)on1)N1CCC(c2cn[nH]c2)CC1. The number of piperidine rings is 1. The van der Waals surface area contributed by atoms with E-state index in [0.29, 0.717) is 17.5 Å². The second kappa shape index (κ2) is 6.95. The molecule has 3 heterocycles. The molecule has 0 aliphatic carbocycles. The molecule has 1 aliphatic heterocycles. The van der Waals surface area contributed by atoms with Gasteiger partial charge in [-0.3, -0.25) is 14.8 Å². The van der Waals surface area contributed by atoms with Crippen molar-refractivity contribution in [3.63, 3.8) is 0 Å². The Morgan fingerprint density at radius 2 is 2.30 bits per heavy atom. The van der Waals surface area contributed by atoms with Crippen molar-refractivity contribution < 1.29 is 9.32 Å². The summed E-state index contributed by atoms with van der Waals surface area (Å²) in [5.41, 5.74) is 1.26. The van der Waals surface area contributed by atoms with E-state index >= 15 is 0 Å². The molecule has 124 valence electrons. The number of hydrogen-bond donors (Lipinski definition) is 2. The predicted octanol–water partition coefficient (Wildman–Crippen LogP) is 2.30. The minimum atomic E-state index is -0.127. The van der Waals surface area contributed by atoms with E-state index in [2.05, 4.69) is 25.6 Å². The number of H-pyrrole nitrogens is 1. The van der Waals surface area contributed by atoms with E-state index in [1.54, 1.807) is 13.0 Å². The van der Waals surface area contributed by atoms with Crippen molar-refractivity contribution in [1.29, 1.82) is 0 Å². The van der Waals surface area contributed by atoms with Gasteiger partial charge in [0.1, 0.15) is 5.76 Å². The van der Waals surface area contributed by atoms with Crippen LogP contribution in [-0.2, 0) is 4.79 Å². The van der Waals surface area contributed by atoms with Crippen LogP contribution in [0.3, 0.4) is 0 Å². The van der Waals surface area contributed by atoms with Gasteiger partial charge in [0.2, 0.25) is 5.91 Å². The zero-order chi connectivity index (χ0) is 16.2. The molecule has 1 unspecified atom stereocenters. The summed E-state index contributed by atoms with van der Waals surface area (Å²) in [6, 6.07) is 1.60. The molecule has 0 bridgehead atoms. The molecule has 1 amide bonds. The van der Waals surface area contributed by atoms with E-state index in [4.69, 9.17) is 4.52 Å². The van der Waals surface area contributed by atoms with Gasteiger partial charge in [-0.1, -0.05) is 12.1 Å². The second-order valence-electron chi connectivity index (χ2n) is 6.08. The Labute approximate surface area is 135 Å². The highest BCUT2D eigenvalue weighted by molar-refractivity contribution is 5.94. The molecule has 23 heavy (non-hydrogen) atoms. The molecule has 1 aliphatic rings. The molecule has 2 aromatic heterocycles. The molecular weight excluding hydrogens is 294 g/mol. The first-order valence-electron chi connectivity index (χ1n) is 8.14. The van der Waals surface area contributed by atoms with Gasteiger partial charge in [-0.2, -0.15) is 5.10 Å². The van der Waals surface area contributed by atoms with Gasteiger partial charge < -0.3 is 9.84 Å². The molecule has 0 radical (unpaired) electrons. The highest BCUT2D eigenvalue weighted by atomic mass is 16.5. The Hall–Kier alpha value is -2.15. The van der Waals surface area contributed by atoms with Crippen molar-refractivity contribution in [3.05, 3.63) is 29.8 Å². The lowest BCUT2D eigenvalue weighted by molar-refractivity contribution is -0.121. The molecule has 1 atom stereocenters. The largest absolute Gasteiger partial charge is 0.360 e. The topological polar surface area (TPSA) is 87.1 Å². The number of carbonyl (C=O) groups excluding carboxylic acids is 1. The van der Waals surface area contributed by atoms with E-state index in [1.807, 2.05) is 19.3 Å². The third kappa shape index (κ3) is 3.61. The summed E-state index contributed by atoms with van der Waals surface area (Å²) < 4.78 is 4.99. The lowest BCUT2D eigenvalue weighted by Crippen LogP contribution is -2.47. The van der Waals surface area contributed by atoms with Crippen molar-refractivity contribution in [3.8, 4) is 0 Å². The average molecular weight is 317 g/mol. The summed E-state index contributed by atoms with van der Waals surface area (Å²) in [5, 5.41) is 13.6. The maximum Gasteiger partial charge on any atom is 0.242 e. The maximum atomic E-state index is 12.5. The van der Waals surface area contributed by atoms with Crippen LogP contribution in [-0.4, -0.2) is 45.3 Å². The summed E-state index contributed by atoms with van der Waals surface area (Å²) in [4.78, 5) is 14.8. The number of hydrogen-bond acceptors (Lipinski definition) is 5. The normalized spacial score (nSPS) is 18.0. The molecule has 1 saturated heterocycles. The Morgan fingerprint density at radius 1 is 1.52 bits per heavy atom. The van der Waals surface area contributed by atoms with Crippen molar-refractivity contribution in [2.45, 2.75) is 45.1 Å². The van der Waals surface area contributed by atoms with Gasteiger partial charge in [-0.25, -0.2) is 0 Å². The first-order valence-corrected chi connectivity index (χ1v) is 8.14. The number of nitrogens with zero attached hydrogens (tertiary/aromatic N) is 3. The van der Waals surface area contributed by atoms with Gasteiger partial charge in [0.15, 0.2) is 5.82 Å². The standard InChI is InChI=1S/C16H23N5O2/c1-3-14(16(22)19-15-8-11(2)23-20-15)21-6-4-12(5-7-21)13-9-17-18-10-13/h8-10,12,14H,3-7H2,1-2H3,(H,17,18)(H,19,20,22). The summed E-state index contributed by atoms with van der Waals surface area (Å²) in [6.07, 6.45) is 6.74. The third-order valence-electron chi connectivity index (χ3n) is 4.53. The van der Waals surface area contributed by atoms with Crippen molar-refractivity contribution in [2.75, 3.05) is 18.4 Å². The van der Waals surface area contributed by atoms with Crippen LogP contribution in [0.1, 0.15) is 43.4 Å². The van der Waals surface area contributed by atoms with E-state index in [-0.39, 0.29) is 11.9 Å². The van der Waals surface area contributed by atoms with E-state index in [1.165, 1.54) is 5.56 Å². The predicted molar refractivity (Wildman–Crippen MR) is 86.1 cm³/mol. The maximum absolute atomic E-state index is 12.5. The van der Waals surface area contributed by atoms with Gasteiger partial charge in [0, 0.05) is 12.3 Å². The van der Waals surface area contributed by atoms with Gasteiger partial charge >= 0.3 is 0 Å².